The topological polar surface area (TPSA) is 89.0 Å². The Balaban J connectivity index is 1.74. The summed E-state index contributed by atoms with van der Waals surface area (Å²) >= 11 is 1.44. The number of carboxylic acids is 1. The number of thiazole rings is 1. The van der Waals surface area contributed by atoms with Crippen molar-refractivity contribution in [2.75, 3.05) is 20.8 Å². The maximum atomic E-state index is 12.6. The maximum absolute atomic E-state index is 12.6. The number of aromatic nitrogens is 1. The first-order valence-corrected chi connectivity index (χ1v) is 9.60. The van der Waals surface area contributed by atoms with Gasteiger partial charge in [-0.3, -0.25) is 4.79 Å². The van der Waals surface area contributed by atoms with Crippen molar-refractivity contribution in [1.82, 2.24) is 9.88 Å². The second-order valence-electron chi connectivity index (χ2n) is 6.33. The van der Waals surface area contributed by atoms with E-state index in [-0.39, 0.29) is 12.3 Å². The molecule has 1 saturated heterocycles. The van der Waals surface area contributed by atoms with Gasteiger partial charge in [0.05, 0.1) is 26.3 Å². The summed E-state index contributed by atoms with van der Waals surface area (Å²) < 4.78 is 10.6. The molecule has 1 aliphatic rings. The van der Waals surface area contributed by atoms with Gasteiger partial charge in [0.15, 0.2) is 11.5 Å². The SMILES string of the molecule is COc1ccc(-c2nc(CC(=O)N3CCCCC3C(=O)O)cs2)cc1OC. The second-order valence-corrected chi connectivity index (χ2v) is 7.19. The van der Waals surface area contributed by atoms with E-state index < -0.39 is 12.0 Å². The molecule has 2 heterocycles. The average molecular weight is 390 g/mol. The lowest BCUT2D eigenvalue weighted by atomic mass is 10.0. The van der Waals surface area contributed by atoms with Crippen LogP contribution in [0.15, 0.2) is 23.6 Å². The first-order chi connectivity index (χ1) is 13.0. The first-order valence-electron chi connectivity index (χ1n) is 8.72. The molecule has 0 spiro atoms. The summed E-state index contributed by atoms with van der Waals surface area (Å²) in [5, 5.41) is 11.9. The Kier molecular flexibility index (Phi) is 5.95. The van der Waals surface area contributed by atoms with Gasteiger partial charge in [-0.15, -0.1) is 11.3 Å². The standard InChI is InChI=1S/C19H22N2O5S/c1-25-15-7-6-12(9-16(15)26-2)18-20-13(11-27-18)10-17(22)21-8-4-3-5-14(21)19(23)24/h6-7,9,11,14H,3-5,8,10H2,1-2H3,(H,23,24). The van der Waals surface area contributed by atoms with Gasteiger partial charge in [0.25, 0.3) is 0 Å². The van der Waals surface area contributed by atoms with Crippen LogP contribution in [0.4, 0.5) is 0 Å². The van der Waals surface area contributed by atoms with E-state index in [1.54, 1.807) is 14.2 Å². The smallest absolute Gasteiger partial charge is 0.326 e. The number of aliphatic carboxylic acids is 1. The van der Waals surface area contributed by atoms with Crippen molar-refractivity contribution in [2.24, 2.45) is 0 Å². The summed E-state index contributed by atoms with van der Waals surface area (Å²) in [6.45, 7) is 0.489. The number of carbonyl (C=O) groups is 2. The summed E-state index contributed by atoms with van der Waals surface area (Å²) in [6.07, 6.45) is 2.28. The monoisotopic (exact) mass is 390 g/mol. The maximum Gasteiger partial charge on any atom is 0.326 e. The van der Waals surface area contributed by atoms with Gasteiger partial charge < -0.3 is 19.5 Å². The highest BCUT2D eigenvalue weighted by Gasteiger charge is 2.32. The van der Waals surface area contributed by atoms with Crippen LogP contribution in [0.2, 0.25) is 0 Å². The fourth-order valence-corrected chi connectivity index (χ4v) is 4.05. The quantitative estimate of drug-likeness (QED) is 0.816. The van der Waals surface area contributed by atoms with Gasteiger partial charge in [-0.2, -0.15) is 0 Å². The third-order valence-corrected chi connectivity index (χ3v) is 5.56. The molecule has 144 valence electrons. The van der Waals surface area contributed by atoms with E-state index >= 15 is 0 Å². The predicted octanol–water partition coefficient (Wildman–Crippen LogP) is 2.84. The molecule has 2 aromatic rings. The fraction of sp³-hybridized carbons (Fsp3) is 0.421. The van der Waals surface area contributed by atoms with Crippen LogP contribution in [0, 0.1) is 0 Å². The number of piperidine rings is 1. The highest BCUT2D eigenvalue weighted by Crippen LogP contribution is 2.33. The van der Waals surface area contributed by atoms with Crippen LogP contribution >= 0.6 is 11.3 Å². The number of methoxy groups -OCH3 is 2. The van der Waals surface area contributed by atoms with E-state index in [0.717, 1.165) is 23.4 Å². The van der Waals surface area contributed by atoms with Gasteiger partial charge in [0.1, 0.15) is 11.0 Å². The molecule has 27 heavy (non-hydrogen) atoms. The number of hydrogen-bond acceptors (Lipinski definition) is 6. The zero-order valence-electron chi connectivity index (χ0n) is 15.3. The van der Waals surface area contributed by atoms with Crippen molar-refractivity contribution in [2.45, 2.75) is 31.7 Å². The molecule has 1 unspecified atom stereocenters. The number of amides is 1. The van der Waals surface area contributed by atoms with E-state index in [9.17, 15) is 14.7 Å². The Bertz CT molecular complexity index is 835. The van der Waals surface area contributed by atoms with E-state index in [4.69, 9.17) is 9.47 Å². The average Bonchev–Trinajstić information content (AvgIpc) is 3.15. The van der Waals surface area contributed by atoms with Crippen molar-refractivity contribution < 1.29 is 24.2 Å². The molecule has 0 saturated carbocycles. The summed E-state index contributed by atoms with van der Waals surface area (Å²) in [6, 6.07) is 4.81. The van der Waals surface area contributed by atoms with Crippen LogP contribution in [0.3, 0.4) is 0 Å². The zero-order chi connectivity index (χ0) is 19.4. The number of likely N-dealkylation sites (tertiary alicyclic amines) is 1. The molecule has 0 aliphatic carbocycles. The van der Waals surface area contributed by atoms with Gasteiger partial charge >= 0.3 is 5.97 Å². The number of ether oxygens (including phenoxy) is 2. The molecule has 3 rings (SSSR count). The molecule has 1 aromatic heterocycles. The summed E-state index contributed by atoms with van der Waals surface area (Å²) in [7, 11) is 3.15. The lowest BCUT2D eigenvalue weighted by Crippen LogP contribution is -2.48. The largest absolute Gasteiger partial charge is 0.493 e. The molecule has 8 heteroatoms. The lowest BCUT2D eigenvalue weighted by molar-refractivity contribution is -0.151. The van der Waals surface area contributed by atoms with Gasteiger partial charge in [-0.05, 0) is 37.5 Å². The van der Waals surface area contributed by atoms with Crippen molar-refractivity contribution in [3.05, 3.63) is 29.3 Å². The lowest BCUT2D eigenvalue weighted by Gasteiger charge is -2.32. The Hall–Kier alpha value is -2.61. The normalized spacial score (nSPS) is 16.8. The molecule has 1 N–H and O–H groups in total. The number of benzene rings is 1. The number of rotatable bonds is 6. The summed E-state index contributed by atoms with van der Waals surface area (Å²) in [5.41, 5.74) is 1.52. The van der Waals surface area contributed by atoms with E-state index in [0.29, 0.717) is 30.2 Å². The van der Waals surface area contributed by atoms with Crippen LogP contribution in [-0.4, -0.2) is 53.7 Å². The highest BCUT2D eigenvalue weighted by molar-refractivity contribution is 7.13. The van der Waals surface area contributed by atoms with Gasteiger partial charge in [-0.25, -0.2) is 9.78 Å². The molecule has 1 aliphatic heterocycles. The van der Waals surface area contributed by atoms with Crippen LogP contribution < -0.4 is 9.47 Å². The van der Waals surface area contributed by atoms with Gasteiger partial charge in [0.2, 0.25) is 5.91 Å². The van der Waals surface area contributed by atoms with Crippen LogP contribution in [0.1, 0.15) is 25.0 Å². The van der Waals surface area contributed by atoms with Crippen LogP contribution in [0.25, 0.3) is 10.6 Å². The minimum atomic E-state index is -0.938. The number of hydrogen-bond donors (Lipinski definition) is 1. The molecular formula is C19H22N2O5S. The Labute approximate surface area is 161 Å². The summed E-state index contributed by atoms with van der Waals surface area (Å²) in [4.78, 5) is 30.0. The molecule has 1 aromatic carbocycles. The fourth-order valence-electron chi connectivity index (χ4n) is 3.23. The van der Waals surface area contributed by atoms with Crippen LogP contribution in [0.5, 0.6) is 11.5 Å². The van der Waals surface area contributed by atoms with Crippen molar-refractivity contribution >= 4 is 23.2 Å². The van der Waals surface area contributed by atoms with Gasteiger partial charge in [-0.1, -0.05) is 0 Å². The van der Waals surface area contributed by atoms with Crippen molar-refractivity contribution in [3.8, 4) is 22.1 Å². The first kappa shape index (κ1) is 19.2. The van der Waals surface area contributed by atoms with Gasteiger partial charge in [0, 0.05) is 17.5 Å². The Morgan fingerprint density at radius 2 is 2.04 bits per heavy atom. The minimum absolute atomic E-state index is 0.105. The van der Waals surface area contributed by atoms with Crippen LogP contribution in [-0.2, 0) is 16.0 Å². The van der Waals surface area contributed by atoms with Crippen molar-refractivity contribution in [1.29, 1.82) is 0 Å². The molecule has 0 radical (unpaired) electrons. The number of nitrogens with zero attached hydrogens (tertiary/aromatic N) is 2. The van der Waals surface area contributed by atoms with E-state index in [1.807, 2.05) is 23.6 Å². The zero-order valence-corrected chi connectivity index (χ0v) is 16.1. The molecule has 1 atom stereocenters. The number of carbonyl (C=O) groups excluding carboxylic acids is 1. The number of carboxylic acid groups (broad SMARTS) is 1. The molecule has 1 amide bonds. The summed E-state index contributed by atoms with van der Waals surface area (Å²) in [5.74, 6) is 0.122. The molecule has 0 bridgehead atoms. The highest BCUT2D eigenvalue weighted by atomic mass is 32.1. The van der Waals surface area contributed by atoms with E-state index in [1.165, 1.54) is 16.2 Å². The Morgan fingerprint density at radius 1 is 1.26 bits per heavy atom. The Morgan fingerprint density at radius 3 is 2.74 bits per heavy atom. The predicted molar refractivity (Wildman–Crippen MR) is 101 cm³/mol. The second kappa shape index (κ2) is 8.39. The molecular weight excluding hydrogens is 368 g/mol. The van der Waals surface area contributed by atoms with E-state index in [2.05, 4.69) is 4.98 Å². The third-order valence-electron chi connectivity index (χ3n) is 4.62. The molecule has 1 fully saturated rings. The molecule has 7 nitrogen and oxygen atoms in total. The third kappa shape index (κ3) is 4.21. The van der Waals surface area contributed by atoms with Crippen molar-refractivity contribution in [3.63, 3.8) is 0 Å². The minimum Gasteiger partial charge on any atom is -0.493 e.